The molecular formula is C16H26N2O7. The summed E-state index contributed by atoms with van der Waals surface area (Å²) in [5.41, 5.74) is 5.44. The molecule has 9 heteroatoms. The van der Waals surface area contributed by atoms with Crippen LogP contribution in [-0.4, -0.2) is 54.2 Å². The van der Waals surface area contributed by atoms with Gasteiger partial charge in [0.2, 0.25) is 11.9 Å². The van der Waals surface area contributed by atoms with Crippen molar-refractivity contribution in [1.82, 2.24) is 5.32 Å². The van der Waals surface area contributed by atoms with Gasteiger partial charge >= 0.3 is 17.9 Å². The minimum atomic E-state index is -1.68. The van der Waals surface area contributed by atoms with Gasteiger partial charge < -0.3 is 25.6 Å². The lowest BCUT2D eigenvalue weighted by atomic mass is 9.80. The predicted molar refractivity (Wildman–Crippen MR) is 86.2 cm³/mol. The fourth-order valence-corrected chi connectivity index (χ4v) is 2.95. The van der Waals surface area contributed by atoms with Crippen molar-refractivity contribution in [2.45, 2.75) is 57.7 Å². The number of aliphatic carboxylic acids is 1. The van der Waals surface area contributed by atoms with E-state index in [1.807, 2.05) is 13.8 Å². The molecule has 0 bridgehead atoms. The van der Waals surface area contributed by atoms with E-state index in [0.29, 0.717) is 0 Å². The van der Waals surface area contributed by atoms with Crippen LogP contribution in [0.1, 0.15) is 39.5 Å². The fourth-order valence-electron chi connectivity index (χ4n) is 2.95. The molecular weight excluding hydrogens is 332 g/mol. The Morgan fingerprint density at radius 2 is 1.72 bits per heavy atom. The van der Waals surface area contributed by atoms with Gasteiger partial charge in [0.25, 0.3) is 0 Å². The number of methoxy groups -OCH3 is 1. The monoisotopic (exact) mass is 358 g/mol. The van der Waals surface area contributed by atoms with E-state index in [1.165, 1.54) is 0 Å². The third-order valence-corrected chi connectivity index (χ3v) is 4.38. The lowest BCUT2D eigenvalue weighted by molar-refractivity contribution is -0.167. The third-order valence-electron chi connectivity index (χ3n) is 4.38. The number of rotatable bonds is 7. The molecule has 25 heavy (non-hydrogen) atoms. The van der Waals surface area contributed by atoms with Gasteiger partial charge in [-0.3, -0.25) is 9.59 Å². The van der Waals surface area contributed by atoms with Gasteiger partial charge in [-0.25, -0.2) is 9.59 Å². The van der Waals surface area contributed by atoms with Gasteiger partial charge in [0.05, 0.1) is 19.6 Å². The van der Waals surface area contributed by atoms with Gasteiger partial charge in [0.15, 0.2) is 0 Å². The Bertz CT molecular complexity index is 513. The highest BCUT2D eigenvalue weighted by Crippen LogP contribution is 2.31. The highest BCUT2D eigenvalue weighted by Gasteiger charge is 2.37. The maximum atomic E-state index is 12.4. The first kappa shape index (κ1) is 20.9. The number of carbonyl (C=O) groups is 4. The van der Waals surface area contributed by atoms with Crippen LogP contribution in [0.3, 0.4) is 0 Å². The zero-order valence-electron chi connectivity index (χ0n) is 14.7. The van der Waals surface area contributed by atoms with Crippen molar-refractivity contribution in [3.05, 3.63) is 0 Å². The topological polar surface area (TPSA) is 145 Å². The molecule has 1 aliphatic carbocycles. The van der Waals surface area contributed by atoms with Crippen molar-refractivity contribution >= 4 is 23.8 Å². The number of hydrogen-bond acceptors (Lipinski definition) is 7. The average Bonchev–Trinajstić information content (AvgIpc) is 2.54. The predicted octanol–water partition coefficient (Wildman–Crippen LogP) is -0.186. The summed E-state index contributed by atoms with van der Waals surface area (Å²) < 4.78 is 9.98. The summed E-state index contributed by atoms with van der Waals surface area (Å²) >= 11 is 0. The van der Waals surface area contributed by atoms with E-state index in [2.05, 4.69) is 10.1 Å². The van der Waals surface area contributed by atoms with E-state index < -0.39 is 42.3 Å². The van der Waals surface area contributed by atoms with Gasteiger partial charge in [-0.1, -0.05) is 20.3 Å². The maximum Gasteiger partial charge on any atom is 0.340 e. The van der Waals surface area contributed by atoms with E-state index in [4.69, 9.17) is 15.6 Å². The second-order valence-electron chi connectivity index (χ2n) is 6.46. The zero-order valence-corrected chi connectivity index (χ0v) is 14.7. The van der Waals surface area contributed by atoms with Crippen LogP contribution in [0.5, 0.6) is 0 Å². The molecule has 0 spiro atoms. The van der Waals surface area contributed by atoms with Crippen LogP contribution in [-0.2, 0) is 28.7 Å². The lowest BCUT2D eigenvalue weighted by Crippen LogP contribution is -2.54. The standard InChI is InChI=1S/C16H26N2O7/c1-8-5-4-6-9(2)13(8)25-16(23)12(15(22)24-3)18-14(21)10(17)7-11(19)20/h8-10,12-13H,4-7,17H2,1-3H3,(H,18,21)(H,19,20)/t8?,9?,10-,12?,13?/m0/s1. The van der Waals surface area contributed by atoms with Gasteiger partial charge in [-0.15, -0.1) is 0 Å². The minimum Gasteiger partial charge on any atom is -0.481 e. The molecule has 0 heterocycles. The molecule has 0 aromatic rings. The maximum absolute atomic E-state index is 12.4. The highest BCUT2D eigenvalue weighted by molar-refractivity contribution is 6.03. The van der Waals surface area contributed by atoms with Crippen LogP contribution < -0.4 is 11.1 Å². The highest BCUT2D eigenvalue weighted by atomic mass is 16.6. The molecule has 1 amide bonds. The van der Waals surface area contributed by atoms with Crippen LogP contribution >= 0.6 is 0 Å². The number of carboxylic acids is 1. The lowest BCUT2D eigenvalue weighted by Gasteiger charge is -2.34. The van der Waals surface area contributed by atoms with Gasteiger partial charge in [-0.2, -0.15) is 0 Å². The zero-order chi connectivity index (χ0) is 19.1. The van der Waals surface area contributed by atoms with Crippen LogP contribution in [0.15, 0.2) is 0 Å². The Morgan fingerprint density at radius 1 is 1.16 bits per heavy atom. The van der Waals surface area contributed by atoms with Crippen molar-refractivity contribution in [3.8, 4) is 0 Å². The molecule has 1 aliphatic rings. The van der Waals surface area contributed by atoms with Crippen molar-refractivity contribution in [1.29, 1.82) is 0 Å². The van der Waals surface area contributed by atoms with Gasteiger partial charge in [0, 0.05) is 0 Å². The summed E-state index contributed by atoms with van der Waals surface area (Å²) in [6.45, 7) is 3.92. The summed E-state index contributed by atoms with van der Waals surface area (Å²) in [4.78, 5) is 46.8. The van der Waals surface area contributed by atoms with Crippen LogP contribution in [0.4, 0.5) is 0 Å². The SMILES string of the molecule is COC(=O)C(NC(=O)[C@@H](N)CC(=O)O)C(=O)OC1C(C)CCCC1C. The number of amides is 1. The Hall–Kier alpha value is -2.16. The summed E-state index contributed by atoms with van der Waals surface area (Å²) in [7, 11) is 1.07. The second-order valence-corrected chi connectivity index (χ2v) is 6.46. The van der Waals surface area contributed by atoms with E-state index in [1.54, 1.807) is 0 Å². The van der Waals surface area contributed by atoms with Crippen LogP contribution in [0, 0.1) is 11.8 Å². The number of hydrogen-bond donors (Lipinski definition) is 3. The quantitative estimate of drug-likeness (QED) is 0.419. The number of carboxylic acid groups (broad SMARTS) is 1. The normalized spacial score (nSPS) is 25.4. The molecule has 0 aromatic heterocycles. The largest absolute Gasteiger partial charge is 0.481 e. The fraction of sp³-hybridized carbons (Fsp3) is 0.750. The molecule has 9 nitrogen and oxygen atoms in total. The Labute approximate surface area is 146 Å². The molecule has 3 unspecified atom stereocenters. The van der Waals surface area contributed by atoms with Crippen molar-refractivity contribution in [3.63, 3.8) is 0 Å². The van der Waals surface area contributed by atoms with Crippen molar-refractivity contribution in [2.75, 3.05) is 7.11 Å². The molecule has 4 atom stereocenters. The molecule has 1 saturated carbocycles. The van der Waals surface area contributed by atoms with Crippen molar-refractivity contribution < 1.29 is 33.8 Å². The van der Waals surface area contributed by atoms with Crippen LogP contribution in [0.2, 0.25) is 0 Å². The summed E-state index contributed by atoms with van der Waals surface area (Å²) in [5.74, 6) is -3.89. The first-order valence-electron chi connectivity index (χ1n) is 8.23. The Balaban J connectivity index is 2.80. The van der Waals surface area contributed by atoms with E-state index >= 15 is 0 Å². The van der Waals surface area contributed by atoms with Gasteiger partial charge in [0.1, 0.15) is 6.10 Å². The summed E-state index contributed by atoms with van der Waals surface area (Å²) in [6.07, 6.45) is 1.85. The number of carbonyl (C=O) groups excluding carboxylic acids is 3. The Kier molecular flexibility index (Phi) is 7.82. The summed E-state index contributed by atoms with van der Waals surface area (Å²) in [6, 6.07) is -3.08. The molecule has 0 radical (unpaired) electrons. The van der Waals surface area contributed by atoms with Crippen molar-refractivity contribution in [2.24, 2.45) is 17.6 Å². The van der Waals surface area contributed by atoms with E-state index in [9.17, 15) is 19.2 Å². The minimum absolute atomic E-state index is 0.135. The first-order valence-corrected chi connectivity index (χ1v) is 8.23. The number of nitrogens with two attached hydrogens (primary N) is 1. The Morgan fingerprint density at radius 3 is 2.20 bits per heavy atom. The number of esters is 2. The smallest absolute Gasteiger partial charge is 0.340 e. The molecule has 0 aromatic carbocycles. The molecule has 142 valence electrons. The molecule has 0 saturated heterocycles. The van der Waals surface area contributed by atoms with Gasteiger partial charge in [-0.05, 0) is 24.7 Å². The summed E-state index contributed by atoms with van der Waals surface area (Å²) in [5, 5.41) is 10.8. The third kappa shape index (κ3) is 6.00. The van der Waals surface area contributed by atoms with E-state index in [0.717, 1.165) is 26.4 Å². The average molecular weight is 358 g/mol. The molecule has 0 aliphatic heterocycles. The number of ether oxygens (including phenoxy) is 2. The molecule has 1 fully saturated rings. The second kappa shape index (κ2) is 9.36. The first-order chi connectivity index (χ1) is 11.7. The molecule has 4 N–H and O–H groups in total. The number of nitrogens with one attached hydrogen (secondary N) is 1. The van der Waals surface area contributed by atoms with E-state index in [-0.39, 0.29) is 17.9 Å². The van der Waals surface area contributed by atoms with Crippen LogP contribution in [0.25, 0.3) is 0 Å². The molecule has 1 rings (SSSR count).